The average Bonchev–Trinajstić information content (AvgIpc) is 2.85. The maximum Gasteiger partial charge on any atom is 0.302 e. The molecule has 3 rings (SSSR count). The number of likely N-dealkylation sites (tertiary alicyclic amines) is 1. The summed E-state index contributed by atoms with van der Waals surface area (Å²) in [6, 6.07) is 0.309. The van der Waals surface area contributed by atoms with Crippen molar-refractivity contribution in [2.24, 2.45) is 17.3 Å². The fourth-order valence-electron chi connectivity index (χ4n) is 5.12. The molecule has 0 N–H and O–H groups in total. The van der Waals surface area contributed by atoms with Crippen LogP contribution in [0.1, 0.15) is 39.5 Å². The quantitative estimate of drug-likeness (QED) is 0.739. The maximum atomic E-state index is 13.1. The van der Waals surface area contributed by atoms with E-state index in [1.807, 2.05) is 11.8 Å². The van der Waals surface area contributed by atoms with Crippen LogP contribution in [-0.2, 0) is 19.1 Å². The Kier molecular flexibility index (Phi) is 3.72. The predicted octanol–water partition coefficient (Wildman–Crippen LogP) is 1.60. The maximum absolute atomic E-state index is 13.1. The van der Waals surface area contributed by atoms with E-state index in [2.05, 4.69) is 0 Å². The Balaban J connectivity index is 1.97. The third-order valence-corrected chi connectivity index (χ3v) is 5.96. The summed E-state index contributed by atoms with van der Waals surface area (Å²) in [4.78, 5) is 26.3. The molecule has 2 unspecified atom stereocenters. The highest BCUT2D eigenvalue weighted by atomic mass is 16.5. The van der Waals surface area contributed by atoms with Crippen LogP contribution in [0.4, 0.5) is 0 Å². The van der Waals surface area contributed by atoms with Gasteiger partial charge in [0.05, 0.1) is 11.5 Å². The number of nitrogens with zero attached hydrogens (tertiary/aromatic N) is 1. The Morgan fingerprint density at radius 2 is 2.14 bits per heavy atom. The summed E-state index contributed by atoms with van der Waals surface area (Å²) >= 11 is 0. The molecule has 2 aliphatic carbocycles. The molecule has 118 valence electrons. The summed E-state index contributed by atoms with van der Waals surface area (Å²) in [6.45, 7) is 4.41. The van der Waals surface area contributed by atoms with Gasteiger partial charge in [-0.3, -0.25) is 9.59 Å². The van der Waals surface area contributed by atoms with E-state index < -0.39 is 5.41 Å². The standard InChI is InChI=1S/C16H25NO4/c1-4-17-12-6-5-11-14(12)13(20-3)7-8-16(11,15(17)19)9-21-10(2)18/h11-14H,4-9H2,1-3H3/t11?,12?,13-,14-,16-/m0/s1. The van der Waals surface area contributed by atoms with Crippen LogP contribution in [0.5, 0.6) is 0 Å². The number of esters is 1. The molecule has 1 saturated heterocycles. The molecule has 0 radical (unpaired) electrons. The van der Waals surface area contributed by atoms with Gasteiger partial charge in [0.25, 0.3) is 0 Å². The first-order chi connectivity index (χ1) is 10.0. The lowest BCUT2D eigenvalue weighted by molar-refractivity contribution is -0.183. The molecule has 5 nitrogen and oxygen atoms in total. The summed E-state index contributed by atoms with van der Waals surface area (Å²) in [5.74, 6) is 0.600. The van der Waals surface area contributed by atoms with Crippen LogP contribution in [0.3, 0.4) is 0 Å². The van der Waals surface area contributed by atoms with Crippen LogP contribution < -0.4 is 0 Å². The second kappa shape index (κ2) is 5.27. The average molecular weight is 295 g/mol. The molecule has 1 amide bonds. The van der Waals surface area contributed by atoms with E-state index in [1.54, 1.807) is 7.11 Å². The monoisotopic (exact) mass is 295 g/mol. The lowest BCUT2D eigenvalue weighted by Gasteiger charge is -2.55. The Morgan fingerprint density at radius 3 is 2.76 bits per heavy atom. The SMILES string of the molecule is CCN1C(=O)[C@]2(COC(C)=O)CC[C@H](OC)[C@@H]3C1CCC32. The van der Waals surface area contributed by atoms with Gasteiger partial charge in [0.2, 0.25) is 5.91 Å². The number of amides is 1. The van der Waals surface area contributed by atoms with Gasteiger partial charge in [0, 0.05) is 32.5 Å². The molecule has 3 fully saturated rings. The molecule has 4 bridgehead atoms. The van der Waals surface area contributed by atoms with E-state index in [-0.39, 0.29) is 24.6 Å². The van der Waals surface area contributed by atoms with Gasteiger partial charge in [-0.05, 0) is 38.5 Å². The predicted molar refractivity (Wildman–Crippen MR) is 76.5 cm³/mol. The molecule has 0 spiro atoms. The highest BCUT2D eigenvalue weighted by molar-refractivity contribution is 5.85. The molecule has 2 saturated carbocycles. The van der Waals surface area contributed by atoms with Crippen LogP contribution >= 0.6 is 0 Å². The van der Waals surface area contributed by atoms with E-state index in [0.29, 0.717) is 17.9 Å². The first kappa shape index (κ1) is 14.8. The first-order valence-electron chi connectivity index (χ1n) is 8.02. The molecule has 0 aromatic carbocycles. The van der Waals surface area contributed by atoms with Crippen LogP contribution in [0, 0.1) is 17.3 Å². The van der Waals surface area contributed by atoms with Crippen molar-refractivity contribution in [2.75, 3.05) is 20.3 Å². The number of methoxy groups -OCH3 is 1. The van der Waals surface area contributed by atoms with E-state index in [4.69, 9.17) is 9.47 Å². The molecule has 0 aromatic heterocycles. The summed E-state index contributed by atoms with van der Waals surface area (Å²) in [6.07, 6.45) is 3.98. The summed E-state index contributed by atoms with van der Waals surface area (Å²) in [7, 11) is 1.77. The van der Waals surface area contributed by atoms with Gasteiger partial charge >= 0.3 is 5.97 Å². The van der Waals surface area contributed by atoms with Crippen molar-refractivity contribution in [2.45, 2.75) is 51.7 Å². The van der Waals surface area contributed by atoms with Gasteiger partial charge in [0.15, 0.2) is 0 Å². The van der Waals surface area contributed by atoms with Gasteiger partial charge in [-0.15, -0.1) is 0 Å². The molecule has 1 heterocycles. The smallest absolute Gasteiger partial charge is 0.302 e. The fourth-order valence-corrected chi connectivity index (χ4v) is 5.12. The first-order valence-corrected chi connectivity index (χ1v) is 8.02. The van der Waals surface area contributed by atoms with Gasteiger partial charge in [0.1, 0.15) is 6.61 Å². The number of hydrogen-bond donors (Lipinski definition) is 0. The number of piperidine rings is 1. The van der Waals surface area contributed by atoms with Crippen LogP contribution in [0.25, 0.3) is 0 Å². The molecule has 5 atom stereocenters. The number of hydrogen-bond acceptors (Lipinski definition) is 4. The molecule has 21 heavy (non-hydrogen) atoms. The Labute approximate surface area is 126 Å². The number of rotatable bonds is 4. The normalized spacial score (nSPS) is 41.3. The zero-order valence-corrected chi connectivity index (χ0v) is 13.1. The summed E-state index contributed by atoms with van der Waals surface area (Å²) in [5.41, 5.74) is -0.506. The minimum absolute atomic E-state index is 0.199. The third-order valence-electron chi connectivity index (χ3n) is 5.96. The molecular weight excluding hydrogens is 270 g/mol. The summed E-state index contributed by atoms with van der Waals surface area (Å²) < 4.78 is 11.0. The van der Waals surface area contributed by atoms with Crippen molar-refractivity contribution in [3.05, 3.63) is 0 Å². The van der Waals surface area contributed by atoms with E-state index in [9.17, 15) is 9.59 Å². The Morgan fingerprint density at radius 1 is 1.38 bits per heavy atom. The topological polar surface area (TPSA) is 55.8 Å². The highest BCUT2D eigenvalue weighted by Crippen LogP contribution is 2.59. The molecular formula is C16H25NO4. The zero-order chi connectivity index (χ0) is 15.2. The van der Waals surface area contributed by atoms with Crippen LogP contribution in [0.2, 0.25) is 0 Å². The van der Waals surface area contributed by atoms with Crippen molar-refractivity contribution >= 4 is 11.9 Å². The highest BCUT2D eigenvalue weighted by Gasteiger charge is 2.65. The zero-order valence-electron chi connectivity index (χ0n) is 13.1. The molecule has 0 aromatic rings. The lowest BCUT2D eigenvalue weighted by Crippen LogP contribution is -2.65. The minimum atomic E-state index is -0.506. The Hall–Kier alpha value is -1.10. The largest absolute Gasteiger partial charge is 0.465 e. The van der Waals surface area contributed by atoms with E-state index >= 15 is 0 Å². The van der Waals surface area contributed by atoms with Crippen molar-refractivity contribution in [3.63, 3.8) is 0 Å². The number of carbonyl (C=O) groups is 2. The molecule has 1 aliphatic heterocycles. The van der Waals surface area contributed by atoms with Gasteiger partial charge < -0.3 is 14.4 Å². The van der Waals surface area contributed by atoms with Crippen molar-refractivity contribution < 1.29 is 19.1 Å². The number of ether oxygens (including phenoxy) is 2. The summed E-state index contributed by atoms with van der Waals surface area (Å²) in [5, 5.41) is 0. The van der Waals surface area contributed by atoms with Crippen molar-refractivity contribution in [1.29, 1.82) is 0 Å². The van der Waals surface area contributed by atoms with E-state index in [0.717, 1.165) is 32.2 Å². The minimum Gasteiger partial charge on any atom is -0.465 e. The third kappa shape index (κ3) is 2.00. The van der Waals surface area contributed by atoms with Gasteiger partial charge in [-0.2, -0.15) is 0 Å². The van der Waals surface area contributed by atoms with E-state index in [1.165, 1.54) is 6.92 Å². The second-order valence-electron chi connectivity index (χ2n) is 6.67. The van der Waals surface area contributed by atoms with Gasteiger partial charge in [-0.25, -0.2) is 0 Å². The fraction of sp³-hybridized carbons (Fsp3) is 0.875. The number of carbonyl (C=O) groups excluding carboxylic acids is 2. The molecule has 5 heteroatoms. The lowest BCUT2D eigenvalue weighted by atomic mass is 9.58. The van der Waals surface area contributed by atoms with Crippen LogP contribution in [0.15, 0.2) is 0 Å². The molecule has 3 aliphatic rings. The van der Waals surface area contributed by atoms with Crippen LogP contribution in [-0.4, -0.2) is 49.2 Å². The van der Waals surface area contributed by atoms with Gasteiger partial charge in [-0.1, -0.05) is 0 Å². The van der Waals surface area contributed by atoms with Crippen molar-refractivity contribution in [1.82, 2.24) is 4.90 Å². The second-order valence-corrected chi connectivity index (χ2v) is 6.67. The van der Waals surface area contributed by atoms with Crippen molar-refractivity contribution in [3.8, 4) is 0 Å². The Bertz CT molecular complexity index is 452.